The minimum Gasteiger partial charge on any atom is -0.312 e. The molecule has 0 radical (unpaired) electrons. The predicted molar refractivity (Wildman–Crippen MR) is 56.6 cm³/mol. The summed E-state index contributed by atoms with van der Waals surface area (Å²) in [5.74, 6) is 0. The molecule has 6 heteroatoms. The number of hydrogen-bond acceptors (Lipinski definition) is 4. The van der Waals surface area contributed by atoms with Crippen molar-refractivity contribution < 1.29 is 4.92 Å². The van der Waals surface area contributed by atoms with E-state index in [1.807, 2.05) is 0 Å². The third-order valence-corrected chi connectivity index (χ3v) is 2.28. The van der Waals surface area contributed by atoms with E-state index in [-0.39, 0.29) is 5.69 Å². The first-order chi connectivity index (χ1) is 7.13. The molecule has 0 aliphatic carbocycles. The van der Waals surface area contributed by atoms with E-state index in [1.54, 1.807) is 4.68 Å². The second-order valence-electron chi connectivity index (χ2n) is 3.48. The third-order valence-electron chi connectivity index (χ3n) is 2.28. The Morgan fingerprint density at radius 3 is 3.00 bits per heavy atom. The topological polar surface area (TPSA) is 73.0 Å². The van der Waals surface area contributed by atoms with Gasteiger partial charge in [-0.3, -0.25) is 14.8 Å². The quantitative estimate of drug-likeness (QED) is 0.567. The molecule has 0 aromatic carbocycles. The molecule has 1 atom stereocenters. The zero-order valence-electron chi connectivity index (χ0n) is 9.01. The van der Waals surface area contributed by atoms with Gasteiger partial charge >= 0.3 is 5.69 Å². The van der Waals surface area contributed by atoms with E-state index in [4.69, 9.17) is 0 Å². The summed E-state index contributed by atoms with van der Waals surface area (Å²) in [6.45, 7) is 5.63. The van der Waals surface area contributed by atoms with Crippen LogP contribution in [0, 0.1) is 10.1 Å². The fourth-order valence-corrected chi connectivity index (χ4v) is 1.14. The summed E-state index contributed by atoms with van der Waals surface area (Å²) < 4.78 is 1.58. The van der Waals surface area contributed by atoms with Crippen LogP contribution in [0.2, 0.25) is 0 Å². The van der Waals surface area contributed by atoms with Gasteiger partial charge in [0.05, 0.1) is 11.5 Å². The van der Waals surface area contributed by atoms with E-state index >= 15 is 0 Å². The first kappa shape index (κ1) is 11.6. The van der Waals surface area contributed by atoms with Crippen LogP contribution in [-0.2, 0) is 6.54 Å². The lowest BCUT2D eigenvalue weighted by molar-refractivity contribution is -0.385. The van der Waals surface area contributed by atoms with Gasteiger partial charge in [-0.25, -0.2) is 0 Å². The average molecular weight is 212 g/mol. The number of aromatic nitrogens is 2. The Balaban J connectivity index is 2.35. The Bertz CT molecular complexity index is 324. The lowest BCUT2D eigenvalue weighted by Gasteiger charge is -2.10. The van der Waals surface area contributed by atoms with Gasteiger partial charge < -0.3 is 5.32 Å². The SMILES string of the molecule is CCC(C)NCCn1cc([N+](=O)[O-])cn1. The van der Waals surface area contributed by atoms with Crippen LogP contribution in [0.5, 0.6) is 0 Å². The molecule has 1 heterocycles. The molecule has 0 aliphatic rings. The maximum atomic E-state index is 10.4. The molecule has 84 valence electrons. The second kappa shape index (κ2) is 5.45. The first-order valence-electron chi connectivity index (χ1n) is 5.03. The molecule has 0 fully saturated rings. The molecule has 1 aromatic heterocycles. The molecule has 0 saturated heterocycles. The van der Waals surface area contributed by atoms with Crippen molar-refractivity contribution in [1.82, 2.24) is 15.1 Å². The van der Waals surface area contributed by atoms with Crippen LogP contribution in [0.4, 0.5) is 5.69 Å². The Morgan fingerprint density at radius 2 is 2.47 bits per heavy atom. The standard InChI is InChI=1S/C9H16N4O2/c1-3-8(2)10-4-5-12-7-9(6-11-12)13(14)15/h6-8,10H,3-5H2,1-2H3. The van der Waals surface area contributed by atoms with Crippen molar-refractivity contribution in [3.05, 3.63) is 22.5 Å². The molecule has 0 spiro atoms. The number of nitro groups is 1. The number of hydrogen-bond donors (Lipinski definition) is 1. The predicted octanol–water partition coefficient (Wildman–Crippen LogP) is 1.18. The Labute approximate surface area is 88.4 Å². The molecular weight excluding hydrogens is 196 g/mol. The summed E-state index contributed by atoms with van der Waals surface area (Å²) in [4.78, 5) is 9.94. The summed E-state index contributed by atoms with van der Waals surface area (Å²) in [7, 11) is 0. The molecule has 0 bridgehead atoms. The highest BCUT2D eigenvalue weighted by atomic mass is 16.6. The fraction of sp³-hybridized carbons (Fsp3) is 0.667. The normalized spacial score (nSPS) is 12.7. The minimum atomic E-state index is -0.439. The number of nitrogens with one attached hydrogen (secondary N) is 1. The van der Waals surface area contributed by atoms with Crippen molar-refractivity contribution in [2.45, 2.75) is 32.9 Å². The first-order valence-corrected chi connectivity index (χ1v) is 5.03. The van der Waals surface area contributed by atoms with E-state index in [0.717, 1.165) is 13.0 Å². The summed E-state index contributed by atoms with van der Waals surface area (Å²) in [5.41, 5.74) is 0.0403. The van der Waals surface area contributed by atoms with Gasteiger partial charge in [-0.2, -0.15) is 5.10 Å². The largest absolute Gasteiger partial charge is 0.312 e. The van der Waals surface area contributed by atoms with Gasteiger partial charge in [-0.15, -0.1) is 0 Å². The monoisotopic (exact) mass is 212 g/mol. The number of rotatable bonds is 6. The maximum Gasteiger partial charge on any atom is 0.306 e. The highest BCUT2D eigenvalue weighted by Crippen LogP contribution is 2.06. The van der Waals surface area contributed by atoms with Gasteiger partial charge in [0.2, 0.25) is 0 Å². The van der Waals surface area contributed by atoms with Crippen molar-refractivity contribution in [2.24, 2.45) is 0 Å². The van der Waals surface area contributed by atoms with E-state index in [9.17, 15) is 10.1 Å². The van der Waals surface area contributed by atoms with Crippen LogP contribution < -0.4 is 5.32 Å². The zero-order valence-corrected chi connectivity index (χ0v) is 9.01. The molecule has 1 rings (SSSR count). The van der Waals surface area contributed by atoms with Crippen molar-refractivity contribution in [3.8, 4) is 0 Å². The van der Waals surface area contributed by atoms with Crippen LogP contribution in [0.1, 0.15) is 20.3 Å². The minimum absolute atomic E-state index is 0.0403. The Kier molecular flexibility index (Phi) is 4.23. The number of nitrogens with zero attached hydrogens (tertiary/aromatic N) is 3. The van der Waals surface area contributed by atoms with Crippen LogP contribution in [0.3, 0.4) is 0 Å². The van der Waals surface area contributed by atoms with E-state index in [2.05, 4.69) is 24.3 Å². The molecule has 1 aromatic rings. The highest BCUT2D eigenvalue weighted by molar-refractivity contribution is 5.20. The van der Waals surface area contributed by atoms with Crippen molar-refractivity contribution >= 4 is 5.69 Å². The highest BCUT2D eigenvalue weighted by Gasteiger charge is 2.08. The molecule has 6 nitrogen and oxygen atoms in total. The van der Waals surface area contributed by atoms with Crippen LogP contribution >= 0.6 is 0 Å². The molecule has 0 saturated carbocycles. The fourth-order valence-electron chi connectivity index (χ4n) is 1.14. The average Bonchev–Trinajstić information content (AvgIpc) is 2.66. The van der Waals surface area contributed by atoms with Crippen LogP contribution in [0.25, 0.3) is 0 Å². The Morgan fingerprint density at radius 1 is 1.73 bits per heavy atom. The summed E-state index contributed by atoms with van der Waals surface area (Å²) >= 11 is 0. The van der Waals surface area contributed by atoms with Crippen molar-refractivity contribution in [2.75, 3.05) is 6.54 Å². The van der Waals surface area contributed by atoms with Crippen molar-refractivity contribution in [1.29, 1.82) is 0 Å². The van der Waals surface area contributed by atoms with Crippen molar-refractivity contribution in [3.63, 3.8) is 0 Å². The van der Waals surface area contributed by atoms with Crippen LogP contribution in [0.15, 0.2) is 12.4 Å². The Hall–Kier alpha value is -1.43. The molecule has 15 heavy (non-hydrogen) atoms. The van der Waals surface area contributed by atoms with Gasteiger partial charge in [-0.1, -0.05) is 6.92 Å². The van der Waals surface area contributed by atoms with Gasteiger partial charge in [0.1, 0.15) is 12.4 Å². The third kappa shape index (κ3) is 3.67. The molecular formula is C9H16N4O2. The lowest BCUT2D eigenvalue weighted by Crippen LogP contribution is -2.28. The lowest BCUT2D eigenvalue weighted by atomic mass is 10.3. The smallest absolute Gasteiger partial charge is 0.306 e. The zero-order chi connectivity index (χ0) is 11.3. The van der Waals surface area contributed by atoms with Gasteiger partial charge in [0.25, 0.3) is 0 Å². The maximum absolute atomic E-state index is 10.4. The van der Waals surface area contributed by atoms with Gasteiger partial charge in [0.15, 0.2) is 0 Å². The summed E-state index contributed by atoms with van der Waals surface area (Å²) in [5, 5.41) is 17.6. The van der Waals surface area contributed by atoms with Crippen LogP contribution in [-0.4, -0.2) is 27.3 Å². The van der Waals surface area contributed by atoms with Gasteiger partial charge in [-0.05, 0) is 13.3 Å². The molecule has 1 unspecified atom stereocenters. The second-order valence-corrected chi connectivity index (χ2v) is 3.48. The molecule has 0 aliphatic heterocycles. The van der Waals surface area contributed by atoms with E-state index in [1.165, 1.54) is 12.4 Å². The molecule has 0 amide bonds. The van der Waals surface area contributed by atoms with E-state index < -0.39 is 4.92 Å². The summed E-state index contributed by atoms with van der Waals surface area (Å²) in [6.07, 6.45) is 3.78. The summed E-state index contributed by atoms with van der Waals surface area (Å²) in [6, 6.07) is 0.468. The molecule has 1 N–H and O–H groups in total. The van der Waals surface area contributed by atoms with E-state index in [0.29, 0.717) is 12.6 Å². The van der Waals surface area contributed by atoms with Gasteiger partial charge in [0, 0.05) is 12.6 Å².